The summed E-state index contributed by atoms with van der Waals surface area (Å²) in [4.78, 5) is 35.9. The van der Waals surface area contributed by atoms with E-state index in [1.165, 1.54) is 38.4 Å². The number of benzene rings is 1. The van der Waals surface area contributed by atoms with Gasteiger partial charge in [-0.3, -0.25) is 4.90 Å². The number of nitrogens with one attached hydrogen (secondary N) is 1. The molecular weight excluding hydrogens is 366 g/mol. The van der Waals surface area contributed by atoms with E-state index in [-0.39, 0.29) is 22.4 Å². The molecule has 2 N–H and O–H groups in total. The van der Waals surface area contributed by atoms with E-state index < -0.39 is 23.1 Å². The van der Waals surface area contributed by atoms with E-state index in [1.807, 2.05) is 5.48 Å². The van der Waals surface area contributed by atoms with Gasteiger partial charge in [-0.15, -0.1) is 0 Å². The van der Waals surface area contributed by atoms with Crippen molar-refractivity contribution in [1.82, 2.24) is 20.4 Å². The van der Waals surface area contributed by atoms with Crippen LogP contribution >= 0.6 is 0 Å². The summed E-state index contributed by atoms with van der Waals surface area (Å²) in [7, 11) is 2.71. The second kappa shape index (κ2) is 8.31. The highest BCUT2D eigenvalue weighted by atomic mass is 32.2. The predicted octanol–water partition coefficient (Wildman–Crippen LogP) is 0.687. The van der Waals surface area contributed by atoms with Gasteiger partial charge in [-0.05, 0) is 19.1 Å². The maximum absolute atomic E-state index is 12.1. The summed E-state index contributed by atoms with van der Waals surface area (Å²) in [6, 6.07) is 4.75. The monoisotopic (exact) mass is 381 g/mol. The van der Waals surface area contributed by atoms with Gasteiger partial charge in [-0.25, -0.2) is 13.8 Å². The number of methoxy groups -OCH3 is 1. The van der Waals surface area contributed by atoms with E-state index in [4.69, 9.17) is 14.1 Å². The van der Waals surface area contributed by atoms with Crippen LogP contribution in [0.2, 0.25) is 0 Å². The molecule has 0 saturated heterocycles. The summed E-state index contributed by atoms with van der Waals surface area (Å²) >= 11 is -2.24. The van der Waals surface area contributed by atoms with E-state index in [9.17, 15) is 13.8 Å². The summed E-state index contributed by atoms with van der Waals surface area (Å²) in [6.07, 6.45) is 0. The fraction of sp³-hybridized carbons (Fsp3) is 0.214. The third-order valence-corrected chi connectivity index (χ3v) is 3.95. The second-order valence-electron chi connectivity index (χ2n) is 4.75. The number of rotatable bonds is 6. The smallest absolute Gasteiger partial charge is 0.348 e. The zero-order valence-corrected chi connectivity index (χ0v) is 14.8. The molecule has 2 aromatic rings. The van der Waals surface area contributed by atoms with Crippen LogP contribution in [-0.2, 0) is 15.4 Å². The number of urea groups is 1. The molecule has 0 aliphatic carbocycles. The van der Waals surface area contributed by atoms with Crippen molar-refractivity contribution in [1.29, 1.82) is 0 Å². The van der Waals surface area contributed by atoms with Crippen LogP contribution in [0.4, 0.5) is 10.7 Å². The largest absolute Gasteiger partial charge is 0.478 e. The number of nitrogens with zero attached hydrogens (tertiary/aromatic N) is 4. The molecule has 2 amide bonds. The summed E-state index contributed by atoms with van der Waals surface area (Å²) in [5.41, 5.74) is 1.75. The maximum atomic E-state index is 12.1. The minimum absolute atomic E-state index is 0.0204. The molecule has 0 bridgehead atoms. The minimum Gasteiger partial charge on any atom is -0.478 e. The number of carbonyl (C=O) groups excluding carboxylic acids is 1. The SMILES string of the molecule is COc1nc(C)nc(N(C)C(=O)NOS(=O)c2ccccc2C(=O)O)n1. The first-order chi connectivity index (χ1) is 12.3. The van der Waals surface area contributed by atoms with Gasteiger partial charge in [0.05, 0.1) is 17.6 Å². The van der Waals surface area contributed by atoms with Gasteiger partial charge in [0.25, 0.3) is 0 Å². The lowest BCUT2D eigenvalue weighted by molar-refractivity contribution is 0.0692. The van der Waals surface area contributed by atoms with Crippen LogP contribution in [0.3, 0.4) is 0 Å². The van der Waals surface area contributed by atoms with E-state index in [1.54, 1.807) is 6.92 Å². The topological polar surface area (TPSA) is 144 Å². The highest BCUT2D eigenvalue weighted by molar-refractivity contribution is 7.80. The molecule has 26 heavy (non-hydrogen) atoms. The molecule has 1 heterocycles. The number of ether oxygens (including phenoxy) is 1. The molecule has 0 aliphatic rings. The van der Waals surface area contributed by atoms with E-state index in [0.29, 0.717) is 5.82 Å². The summed E-state index contributed by atoms with van der Waals surface area (Å²) in [5.74, 6) is -0.965. The number of carboxylic acids is 1. The second-order valence-corrected chi connectivity index (χ2v) is 5.83. The van der Waals surface area contributed by atoms with Crippen molar-refractivity contribution in [2.24, 2.45) is 0 Å². The molecule has 0 spiro atoms. The molecule has 1 aromatic heterocycles. The minimum atomic E-state index is -2.24. The number of aromatic nitrogens is 3. The Bertz CT molecular complexity index is 861. The average molecular weight is 381 g/mol. The molecule has 1 aromatic carbocycles. The summed E-state index contributed by atoms with van der Waals surface area (Å²) in [5, 5.41) is 9.08. The van der Waals surface area contributed by atoms with Crippen LogP contribution in [0.25, 0.3) is 0 Å². The van der Waals surface area contributed by atoms with Crippen LogP contribution < -0.4 is 15.1 Å². The Morgan fingerprint density at radius 3 is 2.58 bits per heavy atom. The third-order valence-electron chi connectivity index (χ3n) is 3.00. The van der Waals surface area contributed by atoms with Gasteiger partial charge in [0, 0.05) is 7.05 Å². The molecule has 0 aliphatic heterocycles. The average Bonchev–Trinajstić information content (AvgIpc) is 2.64. The first-order valence-electron chi connectivity index (χ1n) is 7.05. The molecule has 0 radical (unpaired) electrons. The van der Waals surface area contributed by atoms with Crippen molar-refractivity contribution in [3.63, 3.8) is 0 Å². The van der Waals surface area contributed by atoms with Crippen molar-refractivity contribution in [3.8, 4) is 6.01 Å². The van der Waals surface area contributed by atoms with Crippen molar-refractivity contribution >= 4 is 29.0 Å². The summed E-state index contributed by atoms with van der Waals surface area (Å²) in [6.45, 7) is 1.59. The highest BCUT2D eigenvalue weighted by Crippen LogP contribution is 2.14. The molecule has 0 fully saturated rings. The number of hydrogen-bond donors (Lipinski definition) is 2. The van der Waals surface area contributed by atoms with Gasteiger partial charge in [0.1, 0.15) is 5.82 Å². The molecule has 2 rings (SSSR count). The first-order valence-corrected chi connectivity index (χ1v) is 8.12. The predicted molar refractivity (Wildman–Crippen MR) is 88.9 cm³/mol. The third kappa shape index (κ3) is 4.49. The van der Waals surface area contributed by atoms with Crippen LogP contribution in [0.1, 0.15) is 16.2 Å². The van der Waals surface area contributed by atoms with Crippen molar-refractivity contribution in [3.05, 3.63) is 35.7 Å². The Kier molecular flexibility index (Phi) is 6.14. The standard InChI is InChI=1S/C14H15N5O6S/c1-8-15-12(17-13(16-8)24-3)19(2)14(22)18-25-26(23)10-7-5-4-6-9(10)11(20)21/h4-7H,1-3H3,(H,18,22)(H,20,21). The van der Waals surface area contributed by atoms with Crippen molar-refractivity contribution < 1.29 is 27.9 Å². The molecule has 0 saturated carbocycles. The van der Waals surface area contributed by atoms with Gasteiger partial charge in [-0.1, -0.05) is 12.1 Å². The Morgan fingerprint density at radius 1 is 1.23 bits per heavy atom. The van der Waals surface area contributed by atoms with E-state index >= 15 is 0 Å². The Hall–Kier alpha value is -3.12. The van der Waals surface area contributed by atoms with E-state index in [2.05, 4.69) is 15.0 Å². The lowest BCUT2D eigenvalue weighted by Crippen LogP contribution is -2.38. The highest BCUT2D eigenvalue weighted by Gasteiger charge is 2.20. The Balaban J connectivity index is 2.08. The Morgan fingerprint density at radius 2 is 1.92 bits per heavy atom. The van der Waals surface area contributed by atoms with Gasteiger partial charge in [-0.2, -0.15) is 24.7 Å². The summed E-state index contributed by atoms with van der Waals surface area (Å²) < 4.78 is 21.8. The zero-order valence-electron chi connectivity index (χ0n) is 14.0. The number of aryl methyl sites for hydroxylation is 1. The molecular formula is C14H15N5O6S. The van der Waals surface area contributed by atoms with Crippen molar-refractivity contribution in [2.75, 3.05) is 19.1 Å². The van der Waals surface area contributed by atoms with Gasteiger partial charge in [0.2, 0.25) is 17.0 Å². The molecule has 11 nitrogen and oxygen atoms in total. The van der Waals surface area contributed by atoms with Crippen LogP contribution in [0, 0.1) is 6.92 Å². The lowest BCUT2D eigenvalue weighted by Gasteiger charge is -2.16. The Labute approximate surface area is 150 Å². The molecule has 1 unspecified atom stereocenters. The quantitative estimate of drug-likeness (QED) is 0.690. The van der Waals surface area contributed by atoms with Crippen LogP contribution in [0.5, 0.6) is 6.01 Å². The fourth-order valence-corrected chi connectivity index (χ4v) is 2.51. The number of hydrogen-bond acceptors (Lipinski definition) is 8. The van der Waals surface area contributed by atoms with Crippen LogP contribution in [0.15, 0.2) is 29.2 Å². The number of hydroxylamine groups is 1. The number of anilines is 1. The molecule has 1 atom stereocenters. The molecule has 12 heteroatoms. The fourth-order valence-electron chi connectivity index (χ4n) is 1.75. The number of carboxylic acid groups (broad SMARTS) is 1. The number of carbonyl (C=O) groups is 2. The number of amides is 2. The van der Waals surface area contributed by atoms with Gasteiger partial charge < -0.3 is 9.84 Å². The zero-order chi connectivity index (χ0) is 19.3. The van der Waals surface area contributed by atoms with Crippen molar-refractivity contribution in [2.45, 2.75) is 11.8 Å². The van der Waals surface area contributed by atoms with Gasteiger partial charge in [0.15, 0.2) is 0 Å². The van der Waals surface area contributed by atoms with Gasteiger partial charge >= 0.3 is 18.0 Å². The molecule has 138 valence electrons. The maximum Gasteiger partial charge on any atom is 0.348 e. The number of aromatic carboxylic acids is 1. The normalized spacial score (nSPS) is 11.5. The van der Waals surface area contributed by atoms with E-state index in [0.717, 1.165) is 4.90 Å². The lowest BCUT2D eigenvalue weighted by atomic mass is 10.2. The first kappa shape index (κ1) is 19.2. The van der Waals surface area contributed by atoms with Crippen LogP contribution in [-0.4, -0.2) is 50.4 Å².